The van der Waals surface area contributed by atoms with Crippen LogP contribution in [0.25, 0.3) is 0 Å². The highest BCUT2D eigenvalue weighted by atomic mass is 127. The summed E-state index contributed by atoms with van der Waals surface area (Å²) >= 11 is 0. The Bertz CT molecular complexity index is 561. The number of nitrogens with zero attached hydrogens (tertiary/aromatic N) is 2. The molecule has 26 heavy (non-hydrogen) atoms. The standard InChI is InChI=1S/C19H33N5O.HI/c1-5-24(6-2)12-8-9-15(3)23-19(21-4)22-14-16-10-7-11-17(13-16)18(20)25;/h7,10-11,13,15H,5-6,8-9,12,14H2,1-4H3,(H2,20,25)(H2,21,22,23);1H. The molecule has 0 aliphatic rings. The van der Waals surface area contributed by atoms with E-state index in [-0.39, 0.29) is 24.0 Å². The second-order valence-electron chi connectivity index (χ2n) is 6.20. The van der Waals surface area contributed by atoms with Gasteiger partial charge in [-0.3, -0.25) is 9.79 Å². The lowest BCUT2D eigenvalue weighted by Crippen LogP contribution is -2.42. The predicted molar refractivity (Wildman–Crippen MR) is 120 cm³/mol. The maximum absolute atomic E-state index is 11.2. The highest BCUT2D eigenvalue weighted by molar-refractivity contribution is 14.0. The number of rotatable bonds is 10. The van der Waals surface area contributed by atoms with Crippen molar-refractivity contribution in [1.82, 2.24) is 15.5 Å². The summed E-state index contributed by atoms with van der Waals surface area (Å²) in [6.45, 7) is 10.5. The maximum Gasteiger partial charge on any atom is 0.248 e. The quantitative estimate of drug-likeness (QED) is 0.276. The summed E-state index contributed by atoms with van der Waals surface area (Å²) in [6.07, 6.45) is 2.25. The Labute approximate surface area is 175 Å². The van der Waals surface area contributed by atoms with Gasteiger partial charge in [0.05, 0.1) is 0 Å². The van der Waals surface area contributed by atoms with Crippen LogP contribution in [-0.2, 0) is 6.54 Å². The van der Waals surface area contributed by atoms with Crippen LogP contribution in [0.15, 0.2) is 29.3 Å². The molecule has 0 spiro atoms. The fourth-order valence-electron chi connectivity index (χ4n) is 2.68. The molecule has 1 aromatic carbocycles. The zero-order valence-corrected chi connectivity index (χ0v) is 18.7. The van der Waals surface area contributed by atoms with E-state index in [1.807, 2.05) is 12.1 Å². The molecule has 0 heterocycles. The molecule has 0 aliphatic carbocycles. The largest absolute Gasteiger partial charge is 0.366 e. The third-order valence-electron chi connectivity index (χ3n) is 4.28. The number of carbonyl (C=O) groups is 1. The molecule has 1 amide bonds. The van der Waals surface area contributed by atoms with E-state index < -0.39 is 5.91 Å². The van der Waals surface area contributed by atoms with Gasteiger partial charge in [0.15, 0.2) is 5.96 Å². The van der Waals surface area contributed by atoms with Crippen LogP contribution in [-0.4, -0.2) is 49.5 Å². The molecule has 148 valence electrons. The van der Waals surface area contributed by atoms with Gasteiger partial charge < -0.3 is 21.3 Å². The Balaban J connectivity index is 0.00000625. The molecule has 1 atom stereocenters. The number of guanidine groups is 1. The lowest BCUT2D eigenvalue weighted by molar-refractivity contribution is 0.1000. The van der Waals surface area contributed by atoms with Crippen LogP contribution < -0.4 is 16.4 Å². The van der Waals surface area contributed by atoms with Gasteiger partial charge in [-0.15, -0.1) is 24.0 Å². The van der Waals surface area contributed by atoms with Crippen molar-refractivity contribution in [3.05, 3.63) is 35.4 Å². The van der Waals surface area contributed by atoms with E-state index in [1.165, 1.54) is 0 Å². The number of amides is 1. The third-order valence-corrected chi connectivity index (χ3v) is 4.28. The van der Waals surface area contributed by atoms with Gasteiger partial charge in [-0.2, -0.15) is 0 Å². The van der Waals surface area contributed by atoms with E-state index in [9.17, 15) is 4.79 Å². The molecule has 7 heteroatoms. The van der Waals surface area contributed by atoms with E-state index in [0.29, 0.717) is 18.2 Å². The van der Waals surface area contributed by atoms with Gasteiger partial charge in [0.1, 0.15) is 0 Å². The second kappa shape index (κ2) is 13.8. The average Bonchev–Trinajstić information content (AvgIpc) is 2.62. The van der Waals surface area contributed by atoms with Crippen molar-refractivity contribution in [3.63, 3.8) is 0 Å². The average molecular weight is 475 g/mol. The number of halogens is 1. The SMILES string of the molecule is CCN(CC)CCCC(C)NC(=NC)NCc1cccc(C(N)=O)c1.I. The molecule has 0 fully saturated rings. The van der Waals surface area contributed by atoms with Gasteiger partial charge in [-0.25, -0.2) is 0 Å². The number of carbonyl (C=O) groups excluding carboxylic acids is 1. The summed E-state index contributed by atoms with van der Waals surface area (Å²) in [6, 6.07) is 7.66. The number of aliphatic imine (C=N–C) groups is 1. The molecule has 0 bridgehead atoms. The zero-order chi connectivity index (χ0) is 18.7. The Morgan fingerprint density at radius 1 is 1.31 bits per heavy atom. The van der Waals surface area contributed by atoms with Gasteiger partial charge in [0.25, 0.3) is 0 Å². The molecule has 1 unspecified atom stereocenters. The number of benzene rings is 1. The van der Waals surface area contributed by atoms with Crippen LogP contribution in [0.5, 0.6) is 0 Å². The van der Waals surface area contributed by atoms with E-state index in [0.717, 1.165) is 44.0 Å². The fourth-order valence-corrected chi connectivity index (χ4v) is 2.68. The van der Waals surface area contributed by atoms with Crippen LogP contribution in [0.3, 0.4) is 0 Å². The normalized spacial score (nSPS) is 12.4. The van der Waals surface area contributed by atoms with Crippen molar-refractivity contribution in [2.75, 3.05) is 26.7 Å². The summed E-state index contributed by atoms with van der Waals surface area (Å²) in [7, 11) is 1.76. The van der Waals surface area contributed by atoms with Crippen molar-refractivity contribution in [2.45, 2.75) is 46.2 Å². The molecule has 1 rings (SSSR count). The number of primary amides is 1. The van der Waals surface area contributed by atoms with Crippen LogP contribution in [0.1, 0.15) is 49.5 Å². The molecule has 0 saturated heterocycles. The Kier molecular flexibility index (Phi) is 13.1. The topological polar surface area (TPSA) is 82.8 Å². The van der Waals surface area contributed by atoms with Crippen molar-refractivity contribution < 1.29 is 4.79 Å². The Morgan fingerprint density at radius 2 is 2.00 bits per heavy atom. The molecule has 0 aromatic heterocycles. The third kappa shape index (κ3) is 9.38. The lowest BCUT2D eigenvalue weighted by atomic mass is 10.1. The van der Waals surface area contributed by atoms with Gasteiger partial charge in [0.2, 0.25) is 5.91 Å². The van der Waals surface area contributed by atoms with Crippen molar-refractivity contribution >= 4 is 35.8 Å². The van der Waals surface area contributed by atoms with Gasteiger partial charge in [-0.1, -0.05) is 26.0 Å². The lowest BCUT2D eigenvalue weighted by Gasteiger charge is -2.21. The van der Waals surface area contributed by atoms with E-state index in [4.69, 9.17) is 5.73 Å². The summed E-state index contributed by atoms with van der Waals surface area (Å²) in [5.74, 6) is 0.353. The van der Waals surface area contributed by atoms with Crippen LogP contribution >= 0.6 is 24.0 Å². The monoisotopic (exact) mass is 475 g/mol. The summed E-state index contributed by atoms with van der Waals surface area (Å²) in [5, 5.41) is 6.69. The molecule has 0 radical (unpaired) electrons. The molecule has 0 saturated carbocycles. The number of hydrogen-bond donors (Lipinski definition) is 3. The van der Waals surface area contributed by atoms with Crippen molar-refractivity contribution in [2.24, 2.45) is 10.7 Å². The first-order chi connectivity index (χ1) is 12.0. The zero-order valence-electron chi connectivity index (χ0n) is 16.4. The molecule has 6 nitrogen and oxygen atoms in total. The van der Waals surface area contributed by atoms with Crippen molar-refractivity contribution in [3.8, 4) is 0 Å². The maximum atomic E-state index is 11.2. The smallest absolute Gasteiger partial charge is 0.248 e. The predicted octanol–water partition coefficient (Wildman–Crippen LogP) is 2.58. The van der Waals surface area contributed by atoms with Crippen molar-refractivity contribution in [1.29, 1.82) is 0 Å². The first-order valence-electron chi connectivity index (χ1n) is 9.08. The van der Waals surface area contributed by atoms with Crippen LogP contribution in [0.2, 0.25) is 0 Å². The van der Waals surface area contributed by atoms with E-state index >= 15 is 0 Å². The first kappa shape index (κ1) is 24.7. The minimum absolute atomic E-state index is 0. The Hall–Kier alpha value is -1.35. The number of nitrogens with two attached hydrogens (primary N) is 1. The summed E-state index contributed by atoms with van der Waals surface area (Å²) < 4.78 is 0. The van der Waals surface area contributed by atoms with Gasteiger partial charge >= 0.3 is 0 Å². The summed E-state index contributed by atoms with van der Waals surface area (Å²) in [5.41, 5.74) is 6.83. The van der Waals surface area contributed by atoms with Gasteiger partial charge in [0, 0.05) is 25.2 Å². The minimum atomic E-state index is -0.411. The highest BCUT2D eigenvalue weighted by Crippen LogP contribution is 2.04. The first-order valence-corrected chi connectivity index (χ1v) is 9.08. The molecule has 4 N–H and O–H groups in total. The van der Waals surface area contributed by atoms with E-state index in [1.54, 1.807) is 19.2 Å². The van der Waals surface area contributed by atoms with Crippen LogP contribution in [0.4, 0.5) is 0 Å². The van der Waals surface area contributed by atoms with Gasteiger partial charge in [-0.05, 0) is 57.1 Å². The summed E-state index contributed by atoms with van der Waals surface area (Å²) in [4.78, 5) is 18.0. The number of nitrogens with one attached hydrogen (secondary N) is 2. The minimum Gasteiger partial charge on any atom is -0.366 e. The Morgan fingerprint density at radius 3 is 2.58 bits per heavy atom. The number of hydrogen-bond acceptors (Lipinski definition) is 3. The van der Waals surface area contributed by atoms with Crippen LogP contribution in [0, 0.1) is 0 Å². The molecule has 1 aromatic rings. The molecular weight excluding hydrogens is 441 g/mol. The highest BCUT2D eigenvalue weighted by Gasteiger charge is 2.07. The molecular formula is C19H34IN5O. The van der Waals surface area contributed by atoms with E-state index in [2.05, 4.69) is 41.3 Å². The molecule has 0 aliphatic heterocycles. The fraction of sp³-hybridized carbons (Fsp3) is 0.579. The second-order valence-corrected chi connectivity index (χ2v) is 6.20.